The predicted molar refractivity (Wildman–Crippen MR) is 93.4 cm³/mol. The third-order valence-electron chi connectivity index (χ3n) is 4.58. The Kier molecular flexibility index (Phi) is 7.25. The number of esters is 1. The first-order valence-corrected chi connectivity index (χ1v) is 8.88. The third-order valence-corrected chi connectivity index (χ3v) is 4.58. The van der Waals surface area contributed by atoms with Crippen LogP contribution in [0.3, 0.4) is 0 Å². The molecule has 1 fully saturated rings. The van der Waals surface area contributed by atoms with Crippen molar-refractivity contribution in [1.82, 2.24) is 10.2 Å². The van der Waals surface area contributed by atoms with Gasteiger partial charge in [-0.15, -0.1) is 0 Å². The zero-order valence-electron chi connectivity index (χ0n) is 14.7. The molecule has 0 aromatic heterocycles. The second-order valence-corrected chi connectivity index (χ2v) is 6.16. The van der Waals surface area contributed by atoms with E-state index in [0.717, 1.165) is 6.42 Å². The lowest BCUT2D eigenvalue weighted by Gasteiger charge is -2.31. The molecule has 0 bridgehead atoms. The number of benzene rings is 1. The summed E-state index contributed by atoms with van der Waals surface area (Å²) in [6, 6.07) is 10.4. The van der Waals surface area contributed by atoms with Gasteiger partial charge in [-0.2, -0.15) is 0 Å². The maximum Gasteiger partial charge on any atom is 0.309 e. The van der Waals surface area contributed by atoms with E-state index < -0.39 is 0 Å². The van der Waals surface area contributed by atoms with Crippen molar-refractivity contribution in [2.24, 2.45) is 5.92 Å². The number of rotatable bonds is 7. The minimum absolute atomic E-state index is 0.0605. The fourth-order valence-electron chi connectivity index (χ4n) is 3.13. The molecule has 1 aliphatic rings. The molecule has 0 spiro atoms. The van der Waals surface area contributed by atoms with E-state index >= 15 is 0 Å². The number of carbonyl (C=O) groups is 2. The van der Waals surface area contributed by atoms with E-state index in [0.29, 0.717) is 39.1 Å². The van der Waals surface area contributed by atoms with Crippen molar-refractivity contribution >= 4 is 11.9 Å². The molecule has 0 aliphatic carbocycles. The molecular formula is C19H28N2O3. The quantitative estimate of drug-likeness (QED) is 0.780. The predicted octanol–water partition coefficient (Wildman–Crippen LogP) is 2.53. The normalized spacial score (nSPS) is 16.7. The van der Waals surface area contributed by atoms with Crippen molar-refractivity contribution in [3.05, 3.63) is 35.9 Å². The molecular weight excluding hydrogens is 304 g/mol. The third kappa shape index (κ3) is 5.06. The van der Waals surface area contributed by atoms with E-state index in [1.807, 2.05) is 30.0 Å². The number of amides is 1. The topological polar surface area (TPSA) is 58.6 Å². The van der Waals surface area contributed by atoms with Crippen LogP contribution in [-0.4, -0.2) is 43.0 Å². The molecule has 1 saturated heterocycles. The smallest absolute Gasteiger partial charge is 0.309 e. The molecule has 2 rings (SSSR count). The highest BCUT2D eigenvalue weighted by Gasteiger charge is 2.28. The molecule has 1 aromatic carbocycles. The van der Waals surface area contributed by atoms with Crippen LogP contribution in [0, 0.1) is 5.92 Å². The Morgan fingerprint density at radius 3 is 2.46 bits per heavy atom. The molecule has 1 unspecified atom stereocenters. The summed E-state index contributed by atoms with van der Waals surface area (Å²) in [5, 5.41) is 3.35. The number of nitrogens with one attached hydrogen (secondary N) is 1. The molecule has 1 N–H and O–H groups in total. The van der Waals surface area contributed by atoms with Gasteiger partial charge in [-0.25, -0.2) is 0 Å². The highest BCUT2D eigenvalue weighted by Crippen LogP contribution is 2.19. The molecule has 1 aliphatic heterocycles. The zero-order chi connectivity index (χ0) is 17.4. The summed E-state index contributed by atoms with van der Waals surface area (Å²) in [6.45, 7) is 5.94. The van der Waals surface area contributed by atoms with Crippen molar-refractivity contribution in [2.75, 3.05) is 26.2 Å². The molecule has 0 radical (unpaired) electrons. The van der Waals surface area contributed by atoms with E-state index in [4.69, 9.17) is 4.74 Å². The van der Waals surface area contributed by atoms with Crippen molar-refractivity contribution in [1.29, 1.82) is 0 Å². The van der Waals surface area contributed by atoms with Gasteiger partial charge in [-0.05, 0) is 31.7 Å². The Morgan fingerprint density at radius 2 is 1.88 bits per heavy atom. The molecule has 5 nitrogen and oxygen atoms in total. The summed E-state index contributed by atoms with van der Waals surface area (Å²) in [6.07, 6.45) is 2.32. The van der Waals surface area contributed by atoms with Gasteiger partial charge < -0.3 is 15.0 Å². The maximum atomic E-state index is 12.4. The van der Waals surface area contributed by atoms with Crippen LogP contribution in [-0.2, 0) is 14.3 Å². The van der Waals surface area contributed by atoms with Crippen LogP contribution in [0.5, 0.6) is 0 Å². The fraction of sp³-hybridized carbons (Fsp3) is 0.579. The molecule has 0 saturated carbocycles. The first kappa shape index (κ1) is 18.5. The van der Waals surface area contributed by atoms with Crippen LogP contribution in [0.4, 0.5) is 0 Å². The summed E-state index contributed by atoms with van der Waals surface area (Å²) in [5.41, 5.74) is 1.20. The first-order chi connectivity index (χ1) is 11.7. The first-order valence-electron chi connectivity index (χ1n) is 8.88. The van der Waals surface area contributed by atoms with Gasteiger partial charge in [0.1, 0.15) is 0 Å². The van der Waals surface area contributed by atoms with Crippen LogP contribution in [0.15, 0.2) is 30.3 Å². The standard InChI is InChI=1S/C19H28N2O3/c1-3-17(15-8-6-5-7-9-15)20-14-18(22)21-12-10-16(11-13-21)19(23)24-4-2/h5-9,16-17,20H,3-4,10-14H2,1-2H3. The van der Waals surface area contributed by atoms with Crippen LogP contribution >= 0.6 is 0 Å². The zero-order valence-corrected chi connectivity index (χ0v) is 14.7. The minimum Gasteiger partial charge on any atom is -0.466 e. The van der Waals surface area contributed by atoms with Crippen molar-refractivity contribution in [3.63, 3.8) is 0 Å². The van der Waals surface area contributed by atoms with Crippen molar-refractivity contribution in [2.45, 2.75) is 39.2 Å². The van der Waals surface area contributed by atoms with Gasteiger partial charge >= 0.3 is 5.97 Å². The summed E-state index contributed by atoms with van der Waals surface area (Å²) < 4.78 is 5.06. The number of hydrogen-bond acceptors (Lipinski definition) is 4. The second kappa shape index (κ2) is 9.42. The van der Waals surface area contributed by atoms with Crippen LogP contribution in [0.25, 0.3) is 0 Å². The molecule has 1 aromatic rings. The fourth-order valence-corrected chi connectivity index (χ4v) is 3.13. The molecule has 1 atom stereocenters. The Balaban J connectivity index is 1.78. The van der Waals surface area contributed by atoms with E-state index in [9.17, 15) is 9.59 Å². The lowest BCUT2D eigenvalue weighted by atomic mass is 9.97. The van der Waals surface area contributed by atoms with Crippen molar-refractivity contribution < 1.29 is 14.3 Å². The number of piperidine rings is 1. The van der Waals surface area contributed by atoms with E-state index in [2.05, 4.69) is 24.4 Å². The van der Waals surface area contributed by atoms with Crippen LogP contribution in [0.1, 0.15) is 44.7 Å². The highest BCUT2D eigenvalue weighted by atomic mass is 16.5. The number of nitrogens with zero attached hydrogens (tertiary/aromatic N) is 1. The monoisotopic (exact) mass is 332 g/mol. The van der Waals surface area contributed by atoms with Gasteiger partial charge in [-0.1, -0.05) is 37.3 Å². The van der Waals surface area contributed by atoms with Gasteiger partial charge in [0, 0.05) is 19.1 Å². The van der Waals surface area contributed by atoms with Gasteiger partial charge in [-0.3, -0.25) is 9.59 Å². The molecule has 5 heteroatoms. The lowest BCUT2D eigenvalue weighted by Crippen LogP contribution is -2.44. The average Bonchev–Trinajstić information content (AvgIpc) is 2.63. The molecule has 1 heterocycles. The minimum atomic E-state index is -0.127. The number of hydrogen-bond donors (Lipinski definition) is 1. The number of ether oxygens (including phenoxy) is 1. The summed E-state index contributed by atoms with van der Waals surface area (Å²) in [7, 11) is 0. The van der Waals surface area contributed by atoms with Crippen LogP contribution in [0.2, 0.25) is 0 Å². The summed E-state index contributed by atoms with van der Waals surface area (Å²) in [5.74, 6) is -0.0841. The Hall–Kier alpha value is -1.88. The Labute approximate surface area is 144 Å². The molecule has 132 valence electrons. The van der Waals surface area contributed by atoms with Crippen molar-refractivity contribution in [3.8, 4) is 0 Å². The van der Waals surface area contributed by atoms with Gasteiger partial charge in [0.15, 0.2) is 0 Å². The van der Waals surface area contributed by atoms with E-state index in [1.165, 1.54) is 5.56 Å². The molecule has 1 amide bonds. The number of likely N-dealkylation sites (tertiary alicyclic amines) is 1. The van der Waals surface area contributed by atoms with Gasteiger partial charge in [0.05, 0.1) is 19.1 Å². The van der Waals surface area contributed by atoms with Gasteiger partial charge in [0.25, 0.3) is 0 Å². The SMILES string of the molecule is CCOC(=O)C1CCN(C(=O)CNC(CC)c2ccccc2)CC1. The van der Waals surface area contributed by atoms with E-state index in [-0.39, 0.29) is 23.8 Å². The average molecular weight is 332 g/mol. The largest absolute Gasteiger partial charge is 0.466 e. The van der Waals surface area contributed by atoms with Crippen LogP contribution < -0.4 is 5.32 Å². The Bertz CT molecular complexity index is 525. The maximum absolute atomic E-state index is 12.4. The number of carbonyl (C=O) groups excluding carboxylic acids is 2. The summed E-state index contributed by atoms with van der Waals surface area (Å²) >= 11 is 0. The highest BCUT2D eigenvalue weighted by molar-refractivity contribution is 5.79. The van der Waals surface area contributed by atoms with Gasteiger partial charge in [0.2, 0.25) is 5.91 Å². The van der Waals surface area contributed by atoms with E-state index in [1.54, 1.807) is 0 Å². The molecule has 24 heavy (non-hydrogen) atoms. The Morgan fingerprint density at radius 1 is 1.21 bits per heavy atom. The second-order valence-electron chi connectivity index (χ2n) is 6.16. The summed E-state index contributed by atoms with van der Waals surface area (Å²) in [4.78, 5) is 26.0. The lowest BCUT2D eigenvalue weighted by molar-refractivity contribution is -0.151.